The number of rotatable bonds is 8. The number of fused-ring (bicyclic) bond motifs is 1. The number of benzene rings is 1. The Kier molecular flexibility index (Phi) is 6.76. The van der Waals surface area contributed by atoms with E-state index in [-0.39, 0.29) is 41.6 Å². The van der Waals surface area contributed by atoms with Gasteiger partial charge in [-0.15, -0.1) is 0 Å². The summed E-state index contributed by atoms with van der Waals surface area (Å²) in [7, 11) is 1.81. The number of nitro groups is 1. The molecule has 9 nitrogen and oxygen atoms in total. The molecular formula is C23H28N4O5. The van der Waals surface area contributed by atoms with Gasteiger partial charge in [0.15, 0.2) is 5.58 Å². The largest absolute Gasteiger partial charge is 0.419 e. The molecule has 2 heterocycles. The van der Waals surface area contributed by atoms with E-state index in [2.05, 4.69) is 25.8 Å². The van der Waals surface area contributed by atoms with E-state index in [0.29, 0.717) is 18.4 Å². The van der Waals surface area contributed by atoms with Gasteiger partial charge < -0.3 is 9.32 Å². The number of aromatic nitrogens is 2. The van der Waals surface area contributed by atoms with E-state index in [0.717, 1.165) is 5.69 Å². The van der Waals surface area contributed by atoms with Gasteiger partial charge in [0.2, 0.25) is 5.91 Å². The third kappa shape index (κ3) is 5.22. The molecule has 0 bridgehead atoms. The number of oxazole rings is 1. The Morgan fingerprint density at radius 1 is 1.28 bits per heavy atom. The highest BCUT2D eigenvalue weighted by Gasteiger charge is 2.31. The number of carbonyl (C=O) groups is 1. The lowest BCUT2D eigenvalue weighted by atomic mass is 9.82. The standard InChI is InChI=1S/C23H28N4O5/c1-23(2,3)20(14-16-8-5-6-12-24-16)25(4)21(28)9-7-13-26-18-11-10-17(27(30)31)15-19(18)32-22(26)29/h5-6,8,10-12,15,20H,7,9,13-14H2,1-4H3. The molecule has 0 aliphatic carbocycles. The topological polar surface area (TPSA) is 111 Å². The summed E-state index contributed by atoms with van der Waals surface area (Å²) in [6, 6.07) is 9.78. The van der Waals surface area contributed by atoms with Crippen LogP contribution in [0.3, 0.4) is 0 Å². The lowest BCUT2D eigenvalue weighted by molar-refractivity contribution is -0.384. The van der Waals surface area contributed by atoms with Crippen LogP contribution in [0.15, 0.2) is 51.8 Å². The number of hydrogen-bond donors (Lipinski definition) is 0. The Hall–Kier alpha value is -3.49. The number of nitro benzene ring substituents is 1. The van der Waals surface area contributed by atoms with E-state index < -0.39 is 10.7 Å². The van der Waals surface area contributed by atoms with Crippen molar-refractivity contribution in [3.8, 4) is 0 Å². The summed E-state index contributed by atoms with van der Waals surface area (Å²) in [6.45, 7) is 6.58. The third-order valence-electron chi connectivity index (χ3n) is 5.62. The van der Waals surface area contributed by atoms with Crippen LogP contribution >= 0.6 is 0 Å². The molecule has 0 spiro atoms. The molecule has 0 saturated heterocycles. The molecule has 0 aliphatic rings. The van der Waals surface area contributed by atoms with Gasteiger partial charge >= 0.3 is 5.76 Å². The lowest BCUT2D eigenvalue weighted by Crippen LogP contribution is -2.46. The first-order chi connectivity index (χ1) is 15.1. The third-order valence-corrected chi connectivity index (χ3v) is 5.62. The fraction of sp³-hybridized carbons (Fsp3) is 0.435. The molecule has 2 aromatic heterocycles. The van der Waals surface area contributed by atoms with Gasteiger partial charge in [-0.3, -0.25) is 24.5 Å². The number of non-ortho nitro benzene ring substituents is 1. The number of carbonyl (C=O) groups excluding carboxylic acids is 1. The fourth-order valence-corrected chi connectivity index (χ4v) is 3.86. The molecule has 3 aromatic rings. The molecule has 3 rings (SSSR count). The molecule has 0 aliphatic heterocycles. The van der Waals surface area contributed by atoms with Crippen LogP contribution in [0.1, 0.15) is 39.3 Å². The molecule has 0 N–H and O–H groups in total. The lowest BCUT2D eigenvalue weighted by Gasteiger charge is -2.38. The summed E-state index contributed by atoms with van der Waals surface area (Å²) in [6.07, 6.45) is 3.10. The Bertz CT molecular complexity index is 1160. The average molecular weight is 441 g/mol. The van der Waals surface area contributed by atoms with E-state index >= 15 is 0 Å². The molecule has 1 amide bonds. The van der Waals surface area contributed by atoms with Gasteiger partial charge in [0.25, 0.3) is 5.69 Å². The minimum Gasteiger partial charge on any atom is -0.407 e. The zero-order valence-corrected chi connectivity index (χ0v) is 18.8. The van der Waals surface area contributed by atoms with E-state index in [1.165, 1.54) is 22.8 Å². The van der Waals surface area contributed by atoms with Gasteiger partial charge in [0.1, 0.15) is 0 Å². The summed E-state index contributed by atoms with van der Waals surface area (Å²) in [5, 5.41) is 10.9. The van der Waals surface area contributed by atoms with Gasteiger partial charge in [-0.25, -0.2) is 4.79 Å². The van der Waals surface area contributed by atoms with Crippen molar-refractivity contribution < 1.29 is 14.1 Å². The maximum absolute atomic E-state index is 12.9. The van der Waals surface area contributed by atoms with E-state index in [1.54, 1.807) is 18.1 Å². The second-order valence-corrected chi connectivity index (χ2v) is 8.94. The second-order valence-electron chi connectivity index (χ2n) is 8.94. The maximum Gasteiger partial charge on any atom is 0.419 e. The van der Waals surface area contributed by atoms with Crippen LogP contribution < -0.4 is 5.76 Å². The Morgan fingerprint density at radius 2 is 2.03 bits per heavy atom. The van der Waals surface area contributed by atoms with Crippen molar-refractivity contribution >= 4 is 22.7 Å². The van der Waals surface area contributed by atoms with Gasteiger partial charge in [-0.05, 0) is 30.0 Å². The first kappa shape index (κ1) is 23.2. The van der Waals surface area contributed by atoms with E-state index in [9.17, 15) is 19.7 Å². The van der Waals surface area contributed by atoms with Crippen molar-refractivity contribution in [1.82, 2.24) is 14.5 Å². The van der Waals surface area contributed by atoms with Crippen LogP contribution in [-0.2, 0) is 17.8 Å². The van der Waals surface area contributed by atoms with Gasteiger partial charge in [-0.1, -0.05) is 26.8 Å². The smallest absolute Gasteiger partial charge is 0.407 e. The van der Waals surface area contributed by atoms with Gasteiger partial charge in [0.05, 0.1) is 16.5 Å². The average Bonchev–Trinajstić information content (AvgIpc) is 3.05. The zero-order valence-electron chi connectivity index (χ0n) is 18.8. The van der Waals surface area contributed by atoms with Crippen LogP contribution in [0, 0.1) is 15.5 Å². The fourth-order valence-electron chi connectivity index (χ4n) is 3.86. The molecule has 1 aromatic carbocycles. The summed E-state index contributed by atoms with van der Waals surface area (Å²) in [4.78, 5) is 41.7. The highest BCUT2D eigenvalue weighted by atomic mass is 16.6. The highest BCUT2D eigenvalue weighted by molar-refractivity contribution is 5.77. The summed E-state index contributed by atoms with van der Waals surface area (Å²) in [5.41, 5.74) is 1.28. The summed E-state index contributed by atoms with van der Waals surface area (Å²) >= 11 is 0. The number of likely N-dealkylation sites (N-methyl/N-ethyl adjacent to an activating group) is 1. The van der Waals surface area contributed by atoms with Crippen molar-refractivity contribution in [1.29, 1.82) is 0 Å². The summed E-state index contributed by atoms with van der Waals surface area (Å²) in [5.74, 6) is -0.610. The number of hydrogen-bond acceptors (Lipinski definition) is 6. The first-order valence-corrected chi connectivity index (χ1v) is 10.5. The molecule has 0 radical (unpaired) electrons. The Balaban J connectivity index is 1.67. The van der Waals surface area contributed by atoms with Crippen molar-refractivity contribution in [2.24, 2.45) is 5.41 Å². The molecule has 9 heteroatoms. The first-order valence-electron chi connectivity index (χ1n) is 10.5. The van der Waals surface area contributed by atoms with Crippen LogP contribution in [0.5, 0.6) is 0 Å². The minimum atomic E-state index is -0.593. The molecule has 170 valence electrons. The SMILES string of the molecule is CN(C(=O)CCCn1c(=O)oc2cc([N+](=O)[O-])ccc21)C(Cc1ccccn1)C(C)(C)C. The molecule has 32 heavy (non-hydrogen) atoms. The number of aryl methyl sites for hydroxylation is 1. The van der Waals surface area contributed by atoms with Crippen molar-refractivity contribution in [2.75, 3.05) is 7.05 Å². The monoisotopic (exact) mass is 440 g/mol. The molecule has 1 atom stereocenters. The zero-order chi connectivity index (χ0) is 23.5. The van der Waals surface area contributed by atoms with Gasteiger partial charge in [0, 0.05) is 50.4 Å². The van der Waals surface area contributed by atoms with Crippen LogP contribution in [0.4, 0.5) is 5.69 Å². The van der Waals surface area contributed by atoms with Crippen LogP contribution in [0.2, 0.25) is 0 Å². The van der Waals surface area contributed by atoms with Gasteiger partial charge in [-0.2, -0.15) is 0 Å². The summed E-state index contributed by atoms with van der Waals surface area (Å²) < 4.78 is 6.55. The minimum absolute atomic E-state index is 0.0163. The highest BCUT2D eigenvalue weighted by Crippen LogP contribution is 2.27. The molecule has 1 unspecified atom stereocenters. The number of pyridine rings is 1. The predicted octanol–water partition coefficient (Wildman–Crippen LogP) is 3.79. The van der Waals surface area contributed by atoms with Crippen LogP contribution in [-0.4, -0.2) is 38.4 Å². The van der Waals surface area contributed by atoms with Crippen molar-refractivity contribution in [3.63, 3.8) is 0 Å². The molecular weight excluding hydrogens is 412 g/mol. The molecule has 0 saturated carbocycles. The Labute approximate surface area is 185 Å². The van der Waals surface area contributed by atoms with Crippen LogP contribution in [0.25, 0.3) is 11.1 Å². The van der Waals surface area contributed by atoms with Crippen molar-refractivity contribution in [2.45, 2.75) is 52.6 Å². The van der Waals surface area contributed by atoms with Crippen molar-refractivity contribution in [3.05, 3.63) is 69.0 Å². The van der Waals surface area contributed by atoms with E-state index in [1.807, 2.05) is 18.2 Å². The number of nitrogens with zero attached hydrogens (tertiary/aromatic N) is 4. The number of amides is 1. The normalized spacial score (nSPS) is 12.6. The predicted molar refractivity (Wildman–Crippen MR) is 120 cm³/mol. The molecule has 0 fully saturated rings. The second kappa shape index (κ2) is 9.33. The Morgan fingerprint density at radius 3 is 2.66 bits per heavy atom. The van der Waals surface area contributed by atoms with E-state index in [4.69, 9.17) is 4.42 Å². The quantitative estimate of drug-likeness (QED) is 0.389. The maximum atomic E-state index is 12.9.